The Balaban J connectivity index is 1.89. The van der Waals surface area contributed by atoms with Gasteiger partial charge in [-0.1, -0.05) is 0 Å². The number of ether oxygens (including phenoxy) is 4. The van der Waals surface area contributed by atoms with Crippen molar-refractivity contribution in [1.29, 1.82) is 0 Å². The van der Waals surface area contributed by atoms with Gasteiger partial charge in [0, 0.05) is 24.1 Å². The summed E-state index contributed by atoms with van der Waals surface area (Å²) in [5, 5.41) is 0. The van der Waals surface area contributed by atoms with E-state index in [1.807, 2.05) is 19.9 Å². The Kier molecular flexibility index (Phi) is 12.1. The third-order valence-corrected chi connectivity index (χ3v) is 3.37. The molecule has 0 spiro atoms. The SMILES string of the molecule is CC(=O)c1ccnc(CCCOCCOCCOCCOC(C)C)c1. The number of aromatic nitrogens is 1. The van der Waals surface area contributed by atoms with Gasteiger partial charge in [-0.3, -0.25) is 9.78 Å². The Morgan fingerprint density at radius 1 is 1.00 bits per heavy atom. The van der Waals surface area contributed by atoms with E-state index in [9.17, 15) is 4.79 Å². The van der Waals surface area contributed by atoms with Crippen molar-refractivity contribution in [2.45, 2.75) is 39.7 Å². The summed E-state index contributed by atoms with van der Waals surface area (Å²) < 4.78 is 21.7. The van der Waals surface area contributed by atoms with Gasteiger partial charge in [-0.2, -0.15) is 0 Å². The first-order valence-electron chi connectivity index (χ1n) is 8.90. The van der Waals surface area contributed by atoms with Crippen LogP contribution < -0.4 is 0 Å². The van der Waals surface area contributed by atoms with E-state index in [0.29, 0.717) is 51.8 Å². The first-order chi connectivity index (χ1) is 12.1. The zero-order chi connectivity index (χ0) is 18.3. The number of rotatable bonds is 15. The Morgan fingerprint density at radius 2 is 1.60 bits per heavy atom. The zero-order valence-electron chi connectivity index (χ0n) is 15.7. The van der Waals surface area contributed by atoms with Gasteiger partial charge in [0.25, 0.3) is 0 Å². The van der Waals surface area contributed by atoms with Crippen LogP contribution >= 0.6 is 0 Å². The van der Waals surface area contributed by atoms with Crippen LogP contribution in [0.3, 0.4) is 0 Å². The van der Waals surface area contributed by atoms with Crippen molar-refractivity contribution in [1.82, 2.24) is 4.98 Å². The number of aryl methyl sites for hydroxylation is 1. The molecular formula is C19H31NO5. The molecule has 1 aromatic rings. The maximum atomic E-state index is 11.3. The summed E-state index contributed by atoms with van der Waals surface area (Å²) in [7, 11) is 0. The molecule has 0 radical (unpaired) electrons. The highest BCUT2D eigenvalue weighted by Gasteiger charge is 2.01. The Morgan fingerprint density at radius 3 is 2.20 bits per heavy atom. The highest BCUT2D eigenvalue weighted by Crippen LogP contribution is 2.05. The summed E-state index contributed by atoms with van der Waals surface area (Å²) >= 11 is 0. The van der Waals surface area contributed by atoms with Crippen molar-refractivity contribution < 1.29 is 23.7 Å². The third-order valence-electron chi connectivity index (χ3n) is 3.37. The zero-order valence-corrected chi connectivity index (χ0v) is 15.7. The molecule has 0 aliphatic rings. The Bertz CT molecular complexity index is 479. The number of carbonyl (C=O) groups excluding carboxylic acids is 1. The van der Waals surface area contributed by atoms with Crippen molar-refractivity contribution in [3.05, 3.63) is 29.6 Å². The minimum atomic E-state index is 0.0634. The minimum absolute atomic E-state index is 0.0634. The Hall–Kier alpha value is -1.34. The van der Waals surface area contributed by atoms with Crippen LogP contribution in [-0.2, 0) is 25.4 Å². The van der Waals surface area contributed by atoms with Crippen LogP contribution in [0.2, 0.25) is 0 Å². The number of pyridine rings is 1. The fourth-order valence-electron chi connectivity index (χ4n) is 2.07. The molecule has 0 amide bonds. The predicted octanol–water partition coefficient (Wildman–Crippen LogP) is 2.69. The van der Waals surface area contributed by atoms with Gasteiger partial charge in [-0.25, -0.2) is 0 Å². The van der Waals surface area contributed by atoms with Crippen LogP contribution in [0, 0.1) is 0 Å². The average molecular weight is 353 g/mol. The molecule has 0 N–H and O–H groups in total. The molecule has 6 nitrogen and oxygen atoms in total. The summed E-state index contributed by atoms with van der Waals surface area (Å²) in [5.41, 5.74) is 1.63. The lowest BCUT2D eigenvalue weighted by Gasteiger charge is -2.09. The normalized spacial score (nSPS) is 11.2. The van der Waals surface area contributed by atoms with Gasteiger partial charge in [0.2, 0.25) is 0 Å². The molecule has 0 aliphatic carbocycles. The van der Waals surface area contributed by atoms with Crippen LogP contribution in [0.15, 0.2) is 18.3 Å². The molecule has 0 bridgehead atoms. The molecule has 25 heavy (non-hydrogen) atoms. The molecule has 0 saturated carbocycles. The van der Waals surface area contributed by atoms with E-state index in [-0.39, 0.29) is 11.9 Å². The number of nitrogens with zero attached hydrogens (tertiary/aromatic N) is 1. The summed E-state index contributed by atoms with van der Waals surface area (Å²) in [6.07, 6.45) is 3.59. The first kappa shape index (κ1) is 21.7. The smallest absolute Gasteiger partial charge is 0.159 e. The molecule has 1 rings (SSSR count). The molecular weight excluding hydrogens is 322 g/mol. The number of ketones is 1. The molecule has 142 valence electrons. The lowest BCUT2D eigenvalue weighted by molar-refractivity contribution is -0.0118. The summed E-state index contributed by atoms with van der Waals surface area (Å²) in [5.74, 6) is 0.0634. The number of carbonyl (C=O) groups is 1. The number of hydrogen-bond donors (Lipinski definition) is 0. The lowest BCUT2D eigenvalue weighted by Crippen LogP contribution is -2.13. The van der Waals surface area contributed by atoms with Gasteiger partial charge in [0.1, 0.15) is 0 Å². The molecule has 1 heterocycles. The van der Waals surface area contributed by atoms with Crippen LogP contribution in [0.4, 0.5) is 0 Å². The Labute approximate surface area is 150 Å². The van der Waals surface area contributed by atoms with E-state index in [4.69, 9.17) is 18.9 Å². The minimum Gasteiger partial charge on any atom is -0.379 e. The maximum absolute atomic E-state index is 11.3. The summed E-state index contributed by atoms with van der Waals surface area (Å²) in [6, 6.07) is 3.58. The van der Waals surface area contributed by atoms with Crippen molar-refractivity contribution in [3.8, 4) is 0 Å². The molecule has 0 aromatic carbocycles. The molecule has 0 fully saturated rings. The highest BCUT2D eigenvalue weighted by molar-refractivity contribution is 5.93. The van der Waals surface area contributed by atoms with Crippen LogP contribution in [-0.4, -0.2) is 63.1 Å². The van der Waals surface area contributed by atoms with E-state index >= 15 is 0 Å². The van der Waals surface area contributed by atoms with Gasteiger partial charge in [-0.05, 0) is 45.7 Å². The standard InChI is InChI=1S/C19H31NO5/c1-16(2)25-14-13-24-12-11-23-10-9-22-8-4-5-19-15-18(17(3)21)6-7-20-19/h6-7,15-16H,4-5,8-14H2,1-3H3. The van der Waals surface area contributed by atoms with Gasteiger partial charge < -0.3 is 18.9 Å². The highest BCUT2D eigenvalue weighted by atomic mass is 16.6. The second-order valence-corrected chi connectivity index (χ2v) is 5.95. The molecule has 0 saturated heterocycles. The molecule has 0 aliphatic heterocycles. The van der Waals surface area contributed by atoms with Crippen LogP contribution in [0.25, 0.3) is 0 Å². The van der Waals surface area contributed by atoms with E-state index in [2.05, 4.69) is 4.98 Å². The fraction of sp³-hybridized carbons (Fsp3) is 0.684. The fourth-order valence-corrected chi connectivity index (χ4v) is 2.07. The van der Waals surface area contributed by atoms with Gasteiger partial charge >= 0.3 is 0 Å². The first-order valence-corrected chi connectivity index (χ1v) is 8.90. The summed E-state index contributed by atoms with van der Waals surface area (Å²) in [4.78, 5) is 15.6. The molecule has 6 heteroatoms. The van der Waals surface area contributed by atoms with Crippen LogP contribution in [0.1, 0.15) is 43.2 Å². The largest absolute Gasteiger partial charge is 0.379 e. The van der Waals surface area contributed by atoms with Crippen LogP contribution in [0.5, 0.6) is 0 Å². The van der Waals surface area contributed by atoms with Crippen molar-refractivity contribution >= 4 is 5.78 Å². The predicted molar refractivity (Wildman–Crippen MR) is 96.1 cm³/mol. The topological polar surface area (TPSA) is 66.9 Å². The van der Waals surface area contributed by atoms with Crippen molar-refractivity contribution in [3.63, 3.8) is 0 Å². The quantitative estimate of drug-likeness (QED) is 0.357. The number of Topliss-reactive ketones (excluding diaryl/α,β-unsaturated/α-hetero) is 1. The second-order valence-electron chi connectivity index (χ2n) is 5.95. The average Bonchev–Trinajstić information content (AvgIpc) is 2.59. The van der Waals surface area contributed by atoms with E-state index in [1.54, 1.807) is 19.2 Å². The second kappa shape index (κ2) is 13.9. The molecule has 0 atom stereocenters. The van der Waals surface area contributed by atoms with Crippen molar-refractivity contribution in [2.75, 3.05) is 46.2 Å². The van der Waals surface area contributed by atoms with E-state index in [1.165, 1.54) is 0 Å². The number of hydrogen-bond acceptors (Lipinski definition) is 6. The third kappa shape index (κ3) is 11.8. The maximum Gasteiger partial charge on any atom is 0.159 e. The molecule has 1 aromatic heterocycles. The van der Waals surface area contributed by atoms with Gasteiger partial charge in [0.05, 0.1) is 45.7 Å². The monoisotopic (exact) mass is 353 g/mol. The molecule has 0 unspecified atom stereocenters. The summed E-state index contributed by atoms with van der Waals surface area (Å²) in [6.45, 7) is 9.69. The van der Waals surface area contributed by atoms with E-state index in [0.717, 1.165) is 18.5 Å². The lowest BCUT2D eigenvalue weighted by atomic mass is 10.1. The van der Waals surface area contributed by atoms with Gasteiger partial charge in [-0.15, -0.1) is 0 Å². The van der Waals surface area contributed by atoms with Gasteiger partial charge in [0.15, 0.2) is 5.78 Å². The van der Waals surface area contributed by atoms with Crippen molar-refractivity contribution in [2.24, 2.45) is 0 Å². The van der Waals surface area contributed by atoms with E-state index < -0.39 is 0 Å².